The first-order valence-corrected chi connectivity index (χ1v) is 8.97. The molecule has 2 fully saturated rings. The van der Waals surface area contributed by atoms with Crippen LogP contribution in [0.15, 0.2) is 35.0 Å². The van der Waals surface area contributed by atoms with Crippen LogP contribution >= 0.6 is 0 Å². The number of amides is 1. The monoisotopic (exact) mass is 345 g/mol. The van der Waals surface area contributed by atoms with Crippen LogP contribution in [0.4, 0.5) is 0 Å². The Balaban J connectivity index is 1.55. The summed E-state index contributed by atoms with van der Waals surface area (Å²) in [6.07, 6.45) is 8.29. The molecule has 4 rings (SSSR count). The van der Waals surface area contributed by atoms with Gasteiger partial charge in [-0.3, -0.25) is 9.59 Å². The number of hydrogen-bond acceptors (Lipinski definition) is 4. The highest BCUT2D eigenvalue weighted by Gasteiger charge is 2.52. The minimum atomic E-state index is -0.870. The van der Waals surface area contributed by atoms with E-state index in [-0.39, 0.29) is 23.8 Å². The second-order valence-corrected chi connectivity index (χ2v) is 7.27. The lowest BCUT2D eigenvalue weighted by Crippen LogP contribution is -2.45. The second kappa shape index (κ2) is 6.67. The van der Waals surface area contributed by atoms with Gasteiger partial charge in [0, 0.05) is 13.2 Å². The topological polar surface area (TPSA) is 80.0 Å². The van der Waals surface area contributed by atoms with Crippen LogP contribution in [-0.2, 0) is 20.9 Å². The summed E-state index contributed by atoms with van der Waals surface area (Å²) < 4.78 is 11.1. The van der Waals surface area contributed by atoms with Crippen molar-refractivity contribution in [3.63, 3.8) is 0 Å². The van der Waals surface area contributed by atoms with Gasteiger partial charge in [0.05, 0.1) is 30.7 Å². The van der Waals surface area contributed by atoms with Crippen LogP contribution in [-0.4, -0.2) is 41.1 Å². The van der Waals surface area contributed by atoms with Crippen molar-refractivity contribution in [2.45, 2.75) is 31.9 Å². The number of hydrogen-bond donors (Lipinski definition) is 1. The number of carboxylic acids is 1. The number of fused-ring (bicyclic) bond motifs is 2. The van der Waals surface area contributed by atoms with E-state index < -0.39 is 17.8 Å². The number of furan rings is 1. The number of rotatable bonds is 6. The van der Waals surface area contributed by atoms with Gasteiger partial charge in [-0.05, 0) is 43.2 Å². The Morgan fingerprint density at radius 1 is 1.24 bits per heavy atom. The molecule has 2 heterocycles. The lowest BCUT2D eigenvalue weighted by Gasteiger charge is -2.31. The number of carbonyl (C=O) groups excluding carboxylic acids is 1. The molecule has 1 aliphatic heterocycles. The molecule has 25 heavy (non-hydrogen) atoms. The zero-order valence-corrected chi connectivity index (χ0v) is 14.0. The maximum Gasteiger partial charge on any atom is 0.307 e. The number of ether oxygens (including phenoxy) is 1. The predicted molar refractivity (Wildman–Crippen MR) is 88.5 cm³/mol. The second-order valence-electron chi connectivity index (χ2n) is 7.27. The maximum absolute atomic E-state index is 13.3. The van der Waals surface area contributed by atoms with Crippen molar-refractivity contribution in [2.24, 2.45) is 23.7 Å². The number of carbonyl (C=O) groups is 2. The minimum Gasteiger partial charge on any atom is -0.481 e. The summed E-state index contributed by atoms with van der Waals surface area (Å²) in [5.41, 5.74) is 0. The quantitative estimate of drug-likeness (QED) is 0.800. The van der Waals surface area contributed by atoms with E-state index in [4.69, 9.17) is 9.15 Å². The van der Waals surface area contributed by atoms with Crippen LogP contribution in [0.25, 0.3) is 0 Å². The van der Waals surface area contributed by atoms with Gasteiger partial charge in [-0.2, -0.15) is 0 Å². The molecule has 0 unspecified atom stereocenters. The van der Waals surface area contributed by atoms with Crippen LogP contribution < -0.4 is 0 Å². The summed E-state index contributed by atoms with van der Waals surface area (Å²) in [6, 6.07) is 3.63. The van der Waals surface area contributed by atoms with Crippen molar-refractivity contribution in [3.8, 4) is 0 Å². The maximum atomic E-state index is 13.3. The molecule has 1 saturated carbocycles. The molecule has 5 atom stereocenters. The Morgan fingerprint density at radius 2 is 2.04 bits per heavy atom. The lowest BCUT2D eigenvalue weighted by molar-refractivity contribution is -0.152. The van der Waals surface area contributed by atoms with E-state index in [0.29, 0.717) is 18.8 Å². The largest absolute Gasteiger partial charge is 0.481 e. The smallest absolute Gasteiger partial charge is 0.307 e. The fraction of sp³-hybridized carbons (Fsp3) is 0.579. The first-order valence-electron chi connectivity index (χ1n) is 8.97. The third kappa shape index (κ3) is 3.11. The molecule has 0 spiro atoms. The van der Waals surface area contributed by atoms with Gasteiger partial charge in [0.1, 0.15) is 5.76 Å². The van der Waals surface area contributed by atoms with Crippen LogP contribution in [0.1, 0.15) is 25.0 Å². The molecule has 2 bridgehead atoms. The molecule has 1 aromatic heterocycles. The SMILES string of the molecule is O=C(O)[C@H]1[C@@H](C(=O)N(Cc2ccco2)C[C@H]2CCCO2)[C@@H]2C=C[C@H]1C2. The number of aliphatic carboxylic acids is 1. The normalized spacial score (nSPS) is 33.0. The van der Waals surface area contributed by atoms with Gasteiger partial charge < -0.3 is 19.2 Å². The molecule has 3 aliphatic rings. The van der Waals surface area contributed by atoms with Gasteiger partial charge in [0.2, 0.25) is 5.91 Å². The highest BCUT2D eigenvalue weighted by molar-refractivity contribution is 5.87. The molecule has 0 aromatic carbocycles. The fourth-order valence-corrected chi connectivity index (χ4v) is 4.56. The Hall–Kier alpha value is -2.08. The van der Waals surface area contributed by atoms with E-state index >= 15 is 0 Å². The zero-order chi connectivity index (χ0) is 17.4. The van der Waals surface area contributed by atoms with Gasteiger partial charge in [0.25, 0.3) is 0 Å². The molecule has 1 amide bonds. The Kier molecular flexibility index (Phi) is 4.37. The highest BCUT2D eigenvalue weighted by atomic mass is 16.5. The van der Waals surface area contributed by atoms with Crippen LogP contribution in [0, 0.1) is 23.7 Å². The van der Waals surface area contributed by atoms with Gasteiger partial charge in [-0.25, -0.2) is 0 Å². The molecule has 1 N–H and O–H groups in total. The van der Waals surface area contributed by atoms with Gasteiger partial charge in [-0.15, -0.1) is 0 Å². The summed E-state index contributed by atoms with van der Waals surface area (Å²) >= 11 is 0. The van der Waals surface area contributed by atoms with Gasteiger partial charge >= 0.3 is 5.97 Å². The summed E-state index contributed by atoms with van der Waals surface area (Å²) in [6.45, 7) is 1.57. The molecular formula is C19H23NO5. The van der Waals surface area contributed by atoms with Crippen molar-refractivity contribution >= 4 is 11.9 Å². The van der Waals surface area contributed by atoms with E-state index in [2.05, 4.69) is 0 Å². The molecule has 6 heteroatoms. The van der Waals surface area contributed by atoms with Crippen LogP contribution in [0.5, 0.6) is 0 Å². The molecule has 2 aliphatic carbocycles. The van der Waals surface area contributed by atoms with E-state index in [0.717, 1.165) is 25.9 Å². The van der Waals surface area contributed by atoms with Crippen molar-refractivity contribution in [2.75, 3.05) is 13.2 Å². The molecule has 1 aromatic rings. The highest BCUT2D eigenvalue weighted by Crippen LogP contribution is 2.49. The van der Waals surface area contributed by atoms with Crippen molar-refractivity contribution in [1.29, 1.82) is 0 Å². The Bertz CT molecular complexity index is 661. The van der Waals surface area contributed by atoms with E-state index in [1.54, 1.807) is 17.2 Å². The van der Waals surface area contributed by atoms with Crippen molar-refractivity contribution in [3.05, 3.63) is 36.3 Å². The minimum absolute atomic E-state index is 0.0235. The summed E-state index contributed by atoms with van der Waals surface area (Å²) in [5, 5.41) is 9.63. The first-order chi connectivity index (χ1) is 12.1. The summed E-state index contributed by atoms with van der Waals surface area (Å²) in [5.74, 6) is -1.35. The molecule has 6 nitrogen and oxygen atoms in total. The fourth-order valence-electron chi connectivity index (χ4n) is 4.56. The zero-order valence-electron chi connectivity index (χ0n) is 14.0. The van der Waals surface area contributed by atoms with E-state index in [9.17, 15) is 14.7 Å². The number of allylic oxidation sites excluding steroid dienone is 2. The molecular weight excluding hydrogens is 322 g/mol. The predicted octanol–water partition coefficient (Wildman–Crippen LogP) is 2.31. The number of carboxylic acid groups (broad SMARTS) is 1. The van der Waals surface area contributed by atoms with E-state index in [1.165, 1.54) is 0 Å². The first kappa shape index (κ1) is 16.4. The van der Waals surface area contributed by atoms with Gasteiger partial charge in [0.15, 0.2) is 0 Å². The summed E-state index contributed by atoms with van der Waals surface area (Å²) in [4.78, 5) is 26.8. The van der Waals surface area contributed by atoms with Crippen molar-refractivity contribution < 1.29 is 23.8 Å². The van der Waals surface area contributed by atoms with Crippen LogP contribution in [0.3, 0.4) is 0 Å². The van der Waals surface area contributed by atoms with E-state index in [1.807, 2.05) is 18.2 Å². The third-order valence-electron chi connectivity index (χ3n) is 5.72. The molecule has 1 saturated heterocycles. The van der Waals surface area contributed by atoms with Gasteiger partial charge in [-0.1, -0.05) is 12.2 Å². The third-order valence-corrected chi connectivity index (χ3v) is 5.72. The van der Waals surface area contributed by atoms with Crippen molar-refractivity contribution in [1.82, 2.24) is 4.90 Å². The average Bonchev–Trinajstić information content (AvgIpc) is 3.36. The Morgan fingerprint density at radius 3 is 2.68 bits per heavy atom. The molecule has 134 valence electrons. The number of nitrogens with zero attached hydrogens (tertiary/aromatic N) is 1. The summed E-state index contributed by atoms with van der Waals surface area (Å²) in [7, 11) is 0. The Labute approximate surface area is 146 Å². The lowest BCUT2D eigenvalue weighted by atomic mass is 9.82. The average molecular weight is 345 g/mol. The molecule has 0 radical (unpaired) electrons. The van der Waals surface area contributed by atoms with Crippen LogP contribution in [0.2, 0.25) is 0 Å². The standard InChI is InChI=1S/C19H23NO5/c21-18(16-12-5-6-13(9-12)17(16)19(22)23)20(10-14-3-1-7-24-14)11-15-4-2-8-25-15/h1,3,5-7,12-13,15-17H,2,4,8-11H2,(H,22,23)/t12-,13+,15-,16+,17-/m1/s1.